The number of aromatic nitrogens is 1. The molecular weight excluding hydrogens is 380 g/mol. The quantitative estimate of drug-likeness (QED) is 0.404. The van der Waals surface area contributed by atoms with Crippen molar-refractivity contribution in [2.24, 2.45) is 5.73 Å². The lowest BCUT2D eigenvalue weighted by Crippen LogP contribution is -2.16. The zero-order valence-electron chi connectivity index (χ0n) is 17.6. The van der Waals surface area contributed by atoms with Gasteiger partial charge in [0.2, 0.25) is 11.7 Å². The molecule has 1 aliphatic carbocycles. The molecule has 0 spiro atoms. The van der Waals surface area contributed by atoms with Crippen LogP contribution in [0, 0.1) is 13.8 Å². The number of amides is 1. The Bertz CT molecular complexity index is 983. The first-order valence-electron chi connectivity index (χ1n) is 10.3. The number of carbonyl (C=O) groups is 3. The molecule has 1 amide bonds. The van der Waals surface area contributed by atoms with Crippen LogP contribution < -0.4 is 5.73 Å². The minimum absolute atomic E-state index is 0.228. The Labute approximate surface area is 176 Å². The molecule has 0 aliphatic heterocycles. The molecule has 2 aromatic rings. The van der Waals surface area contributed by atoms with E-state index in [9.17, 15) is 14.4 Å². The van der Waals surface area contributed by atoms with Crippen LogP contribution in [-0.2, 0) is 11.3 Å². The van der Waals surface area contributed by atoms with Gasteiger partial charge in [-0.1, -0.05) is 11.6 Å². The fourth-order valence-electron chi connectivity index (χ4n) is 3.88. The summed E-state index contributed by atoms with van der Waals surface area (Å²) in [5.74, 6) is -1.41. The number of hydrogen-bond acceptors (Lipinski definition) is 4. The Balaban J connectivity index is 1.60. The lowest BCUT2D eigenvalue weighted by Gasteiger charge is -2.15. The standard InChI is InChI=1S/C24H28N2O4/c1-16-14-21(17(2)26(16)13-12-18-6-4-3-5-7-18)22(27)15-30-24(29)20-10-8-19(9-11-20)23(25)28/h6,8-11,14H,3-5,7,12-13,15H2,1-2H3,(H2,25,28). The number of esters is 1. The molecule has 1 heterocycles. The minimum atomic E-state index is -0.614. The van der Waals surface area contributed by atoms with Crippen molar-refractivity contribution in [3.05, 3.63) is 70.1 Å². The number of nitrogens with two attached hydrogens (primary N) is 1. The Hall–Kier alpha value is -3.15. The molecule has 0 saturated carbocycles. The summed E-state index contributed by atoms with van der Waals surface area (Å²) in [5.41, 5.74) is 9.77. The summed E-state index contributed by atoms with van der Waals surface area (Å²) in [5, 5.41) is 0. The summed E-state index contributed by atoms with van der Waals surface area (Å²) in [6, 6.07) is 7.69. The third-order valence-corrected chi connectivity index (χ3v) is 5.66. The van der Waals surface area contributed by atoms with Gasteiger partial charge in [0.15, 0.2) is 6.61 Å². The summed E-state index contributed by atoms with van der Waals surface area (Å²) < 4.78 is 7.34. The van der Waals surface area contributed by atoms with Crippen molar-refractivity contribution in [2.75, 3.05) is 6.61 Å². The van der Waals surface area contributed by atoms with E-state index in [1.165, 1.54) is 55.5 Å². The van der Waals surface area contributed by atoms with Gasteiger partial charge in [0.05, 0.1) is 5.56 Å². The number of ether oxygens (including phenoxy) is 1. The van der Waals surface area contributed by atoms with Gasteiger partial charge in [0.1, 0.15) is 0 Å². The van der Waals surface area contributed by atoms with E-state index in [1.54, 1.807) is 0 Å². The van der Waals surface area contributed by atoms with E-state index < -0.39 is 11.9 Å². The molecule has 1 aromatic heterocycles. The van der Waals surface area contributed by atoms with Crippen molar-refractivity contribution >= 4 is 17.7 Å². The highest BCUT2D eigenvalue weighted by Gasteiger charge is 2.18. The molecule has 158 valence electrons. The number of rotatable bonds is 8. The van der Waals surface area contributed by atoms with Gasteiger partial charge in [-0.05, 0) is 76.3 Å². The van der Waals surface area contributed by atoms with E-state index in [0.717, 1.165) is 24.4 Å². The molecule has 6 heteroatoms. The first-order chi connectivity index (χ1) is 14.4. The predicted molar refractivity (Wildman–Crippen MR) is 115 cm³/mol. The van der Waals surface area contributed by atoms with Crippen molar-refractivity contribution in [3.63, 3.8) is 0 Å². The van der Waals surface area contributed by atoms with Gasteiger partial charge in [-0.2, -0.15) is 0 Å². The summed E-state index contributed by atoms with van der Waals surface area (Å²) in [6.45, 7) is 4.44. The minimum Gasteiger partial charge on any atom is -0.454 e. The zero-order chi connectivity index (χ0) is 21.7. The molecule has 6 nitrogen and oxygen atoms in total. The van der Waals surface area contributed by atoms with Crippen LogP contribution in [0.25, 0.3) is 0 Å². The first kappa shape index (κ1) is 21.6. The third kappa shape index (κ3) is 5.06. The van der Waals surface area contributed by atoms with Gasteiger partial charge < -0.3 is 15.0 Å². The fourth-order valence-corrected chi connectivity index (χ4v) is 3.88. The maximum atomic E-state index is 12.7. The van der Waals surface area contributed by atoms with Crippen LogP contribution in [0.15, 0.2) is 42.0 Å². The van der Waals surface area contributed by atoms with Crippen molar-refractivity contribution in [1.29, 1.82) is 0 Å². The van der Waals surface area contributed by atoms with E-state index in [1.807, 2.05) is 19.9 Å². The number of Topliss-reactive ketones (excluding diaryl/α,β-unsaturated/α-hetero) is 1. The van der Waals surface area contributed by atoms with Gasteiger partial charge in [0.25, 0.3) is 0 Å². The number of nitrogens with zero attached hydrogens (tertiary/aromatic N) is 1. The van der Waals surface area contributed by atoms with Crippen molar-refractivity contribution in [1.82, 2.24) is 4.57 Å². The molecule has 0 atom stereocenters. The zero-order valence-corrected chi connectivity index (χ0v) is 17.6. The van der Waals surface area contributed by atoms with E-state index in [2.05, 4.69) is 10.6 Å². The van der Waals surface area contributed by atoms with Crippen LogP contribution in [0.4, 0.5) is 0 Å². The Morgan fingerprint density at radius 3 is 2.40 bits per heavy atom. The number of allylic oxidation sites excluding steroid dienone is 2. The van der Waals surface area contributed by atoms with Gasteiger partial charge in [-0.3, -0.25) is 9.59 Å². The molecular formula is C24H28N2O4. The normalized spacial score (nSPS) is 13.6. The van der Waals surface area contributed by atoms with E-state index >= 15 is 0 Å². The summed E-state index contributed by atoms with van der Waals surface area (Å²) in [7, 11) is 0. The molecule has 0 radical (unpaired) electrons. The highest BCUT2D eigenvalue weighted by Crippen LogP contribution is 2.23. The summed E-state index contributed by atoms with van der Waals surface area (Å²) in [4.78, 5) is 36.0. The van der Waals surface area contributed by atoms with Crippen molar-refractivity contribution in [3.8, 4) is 0 Å². The highest BCUT2D eigenvalue weighted by molar-refractivity contribution is 6.00. The van der Waals surface area contributed by atoms with E-state index in [-0.39, 0.29) is 18.0 Å². The summed E-state index contributed by atoms with van der Waals surface area (Å²) >= 11 is 0. The third-order valence-electron chi connectivity index (χ3n) is 5.66. The number of benzene rings is 1. The maximum Gasteiger partial charge on any atom is 0.338 e. The van der Waals surface area contributed by atoms with Crippen LogP contribution in [0.5, 0.6) is 0 Å². The smallest absolute Gasteiger partial charge is 0.338 e. The van der Waals surface area contributed by atoms with Crippen LogP contribution in [0.2, 0.25) is 0 Å². The highest BCUT2D eigenvalue weighted by atomic mass is 16.5. The van der Waals surface area contributed by atoms with Gasteiger partial charge in [-0.15, -0.1) is 0 Å². The number of ketones is 1. The topological polar surface area (TPSA) is 91.4 Å². The molecule has 2 N–H and O–H groups in total. The lowest BCUT2D eigenvalue weighted by atomic mass is 9.97. The number of aryl methyl sites for hydroxylation is 1. The van der Waals surface area contributed by atoms with Gasteiger partial charge >= 0.3 is 5.97 Å². The SMILES string of the molecule is Cc1cc(C(=O)COC(=O)c2ccc(C(N)=O)cc2)c(C)n1CCC1=CCCCC1. The average molecular weight is 408 g/mol. The molecule has 0 bridgehead atoms. The maximum absolute atomic E-state index is 12.7. The van der Waals surface area contributed by atoms with Crippen LogP contribution >= 0.6 is 0 Å². The van der Waals surface area contributed by atoms with E-state index in [4.69, 9.17) is 10.5 Å². The van der Waals surface area contributed by atoms with Gasteiger partial charge in [0, 0.05) is 29.1 Å². The second-order valence-electron chi connectivity index (χ2n) is 7.74. The lowest BCUT2D eigenvalue weighted by molar-refractivity contribution is 0.0474. The molecule has 0 saturated heterocycles. The van der Waals surface area contributed by atoms with Crippen LogP contribution in [0.3, 0.4) is 0 Å². The van der Waals surface area contributed by atoms with E-state index in [0.29, 0.717) is 11.1 Å². The second kappa shape index (κ2) is 9.57. The van der Waals surface area contributed by atoms with Gasteiger partial charge in [-0.25, -0.2) is 4.79 Å². The molecule has 1 aromatic carbocycles. The summed E-state index contributed by atoms with van der Waals surface area (Å²) in [6.07, 6.45) is 8.22. The predicted octanol–water partition coefficient (Wildman–Crippen LogP) is 4.13. The number of primary amides is 1. The fraction of sp³-hybridized carbons (Fsp3) is 0.375. The molecule has 0 fully saturated rings. The molecule has 1 aliphatic rings. The van der Waals surface area contributed by atoms with Crippen LogP contribution in [0.1, 0.15) is 74.6 Å². The molecule has 0 unspecified atom stereocenters. The number of hydrogen-bond donors (Lipinski definition) is 1. The Morgan fingerprint density at radius 1 is 1.07 bits per heavy atom. The monoisotopic (exact) mass is 408 g/mol. The number of carbonyl (C=O) groups excluding carboxylic acids is 3. The second-order valence-corrected chi connectivity index (χ2v) is 7.74. The Kier molecular flexibility index (Phi) is 6.87. The Morgan fingerprint density at radius 2 is 1.77 bits per heavy atom. The average Bonchev–Trinajstić information content (AvgIpc) is 3.04. The molecule has 3 rings (SSSR count). The van der Waals surface area contributed by atoms with Crippen molar-refractivity contribution < 1.29 is 19.1 Å². The van der Waals surface area contributed by atoms with Crippen LogP contribution in [-0.4, -0.2) is 28.8 Å². The molecule has 30 heavy (non-hydrogen) atoms. The van der Waals surface area contributed by atoms with Crippen molar-refractivity contribution in [2.45, 2.75) is 52.5 Å². The largest absolute Gasteiger partial charge is 0.454 e. The first-order valence-corrected chi connectivity index (χ1v) is 10.3.